The predicted molar refractivity (Wildman–Crippen MR) is 122 cm³/mol. The number of hydrogen-bond acceptors (Lipinski definition) is 5. The first-order valence-corrected chi connectivity index (χ1v) is 11.5. The number of carbonyl (C=O) groups excluding carboxylic acids is 3. The molecule has 0 aliphatic carbocycles. The quantitative estimate of drug-likeness (QED) is 0.329. The number of nitrogens with one attached hydrogen (secondary N) is 1. The first-order valence-electron chi connectivity index (χ1n) is 10.6. The second-order valence-corrected chi connectivity index (χ2v) is 9.28. The number of nitrogens with two attached hydrogens (primary N) is 1. The third-order valence-electron chi connectivity index (χ3n) is 6.03. The molecule has 0 spiro atoms. The summed E-state index contributed by atoms with van der Waals surface area (Å²) in [5.74, 6) is -1.95. The van der Waals surface area contributed by atoms with Gasteiger partial charge in [-0.3, -0.25) is 19.3 Å². The molecule has 3 N–H and O–H groups in total. The summed E-state index contributed by atoms with van der Waals surface area (Å²) in [5, 5.41) is 2.29. The molecule has 0 radical (unpaired) electrons. The standard InChI is InChI=1S/C24H26BrN3O4/c1-24(26)23(25)32-22-19(21(31)28(22)24)20(30)17(14-16-10-6-3-7-11-16)27-18(29)13-12-15-8-4-2-5-9-15/h2-11,17,19,22-23H,12-14,26H2,1H3,(H,27,29)/t17-,19-,22-,23?,24?/m0/s1. The molecular formula is C24H26BrN3O4. The maximum atomic E-state index is 13.4. The number of fused-ring (bicyclic) bond motifs is 1. The minimum Gasteiger partial charge on any atom is -0.346 e. The average Bonchev–Trinajstić information content (AvgIpc) is 2.98. The van der Waals surface area contributed by atoms with Crippen LogP contribution in [0.2, 0.25) is 0 Å². The average molecular weight is 500 g/mol. The van der Waals surface area contributed by atoms with Crippen molar-refractivity contribution in [3.63, 3.8) is 0 Å². The van der Waals surface area contributed by atoms with Crippen LogP contribution in [0.15, 0.2) is 60.7 Å². The molecule has 0 aromatic heterocycles. The molecule has 2 fully saturated rings. The van der Waals surface area contributed by atoms with Crippen molar-refractivity contribution >= 4 is 33.5 Å². The van der Waals surface area contributed by atoms with Crippen molar-refractivity contribution in [1.29, 1.82) is 0 Å². The molecule has 7 nitrogen and oxygen atoms in total. The summed E-state index contributed by atoms with van der Waals surface area (Å²) in [5.41, 5.74) is 7.09. The van der Waals surface area contributed by atoms with Crippen LogP contribution in [0.5, 0.6) is 0 Å². The maximum Gasteiger partial charge on any atom is 0.241 e. The van der Waals surface area contributed by atoms with Gasteiger partial charge in [-0.2, -0.15) is 0 Å². The summed E-state index contributed by atoms with van der Waals surface area (Å²) < 4.78 is 5.75. The number of aryl methyl sites for hydroxylation is 1. The highest BCUT2D eigenvalue weighted by Gasteiger charge is 2.65. The second-order valence-electron chi connectivity index (χ2n) is 8.45. The van der Waals surface area contributed by atoms with E-state index in [9.17, 15) is 14.4 Å². The predicted octanol–water partition coefficient (Wildman–Crippen LogP) is 2.13. The molecule has 5 atom stereocenters. The Bertz CT molecular complexity index is 999. The number of Topliss-reactive ketones (excluding diaryl/α,β-unsaturated/α-hetero) is 1. The lowest BCUT2D eigenvalue weighted by Crippen LogP contribution is -2.71. The Morgan fingerprint density at radius 3 is 2.34 bits per heavy atom. The lowest BCUT2D eigenvalue weighted by molar-refractivity contribution is -0.180. The molecule has 2 aliphatic heterocycles. The minimum absolute atomic E-state index is 0.235. The zero-order valence-corrected chi connectivity index (χ0v) is 19.3. The van der Waals surface area contributed by atoms with Gasteiger partial charge in [-0.15, -0.1) is 0 Å². The summed E-state index contributed by atoms with van der Waals surface area (Å²) in [6.45, 7) is 1.68. The molecule has 2 aliphatic rings. The van der Waals surface area contributed by atoms with Gasteiger partial charge in [0.05, 0.1) is 6.04 Å². The van der Waals surface area contributed by atoms with Crippen LogP contribution in [0.25, 0.3) is 0 Å². The van der Waals surface area contributed by atoms with Crippen LogP contribution in [0.3, 0.4) is 0 Å². The molecule has 0 bridgehead atoms. The van der Waals surface area contributed by atoms with E-state index in [1.54, 1.807) is 6.92 Å². The summed E-state index contributed by atoms with van der Waals surface area (Å²) in [7, 11) is 0. The van der Waals surface area contributed by atoms with Crippen molar-refractivity contribution in [3.05, 3.63) is 71.8 Å². The van der Waals surface area contributed by atoms with Crippen LogP contribution in [0, 0.1) is 5.92 Å². The van der Waals surface area contributed by atoms with Crippen molar-refractivity contribution in [1.82, 2.24) is 10.2 Å². The van der Waals surface area contributed by atoms with E-state index >= 15 is 0 Å². The zero-order chi connectivity index (χ0) is 22.9. The minimum atomic E-state index is -1.04. The molecule has 4 rings (SSSR count). The fourth-order valence-electron chi connectivity index (χ4n) is 4.21. The number of nitrogens with zero attached hydrogens (tertiary/aromatic N) is 1. The molecule has 168 valence electrons. The van der Waals surface area contributed by atoms with Crippen LogP contribution in [-0.4, -0.2) is 45.4 Å². The highest BCUT2D eigenvalue weighted by molar-refractivity contribution is 9.09. The number of carbonyl (C=O) groups is 3. The first-order chi connectivity index (χ1) is 15.3. The highest BCUT2D eigenvalue weighted by atomic mass is 79.9. The van der Waals surface area contributed by atoms with E-state index < -0.39 is 28.9 Å². The van der Waals surface area contributed by atoms with Crippen molar-refractivity contribution in [2.75, 3.05) is 0 Å². The lowest BCUT2D eigenvalue weighted by atomic mass is 9.84. The number of ether oxygens (including phenoxy) is 1. The fraction of sp³-hybridized carbons (Fsp3) is 0.375. The van der Waals surface area contributed by atoms with Gasteiger partial charge in [-0.1, -0.05) is 76.6 Å². The number of alkyl halides is 1. The molecular weight excluding hydrogens is 474 g/mol. The summed E-state index contributed by atoms with van der Waals surface area (Å²) >= 11 is 3.34. The Labute approximate surface area is 195 Å². The second kappa shape index (κ2) is 9.13. The number of hydrogen-bond donors (Lipinski definition) is 2. The number of benzene rings is 2. The van der Waals surface area contributed by atoms with Crippen LogP contribution >= 0.6 is 15.9 Å². The molecule has 8 heteroatoms. The van der Waals surface area contributed by atoms with Gasteiger partial charge in [0.2, 0.25) is 11.8 Å². The first kappa shape index (κ1) is 22.6. The monoisotopic (exact) mass is 499 g/mol. The van der Waals surface area contributed by atoms with Crippen LogP contribution in [0.1, 0.15) is 24.5 Å². The maximum absolute atomic E-state index is 13.4. The molecule has 2 unspecified atom stereocenters. The van der Waals surface area contributed by atoms with Gasteiger partial charge >= 0.3 is 0 Å². The van der Waals surface area contributed by atoms with E-state index in [0.717, 1.165) is 11.1 Å². The van der Waals surface area contributed by atoms with Crippen LogP contribution < -0.4 is 11.1 Å². The van der Waals surface area contributed by atoms with E-state index in [-0.39, 0.29) is 24.0 Å². The normalized spacial score (nSPS) is 27.4. The van der Waals surface area contributed by atoms with Crippen molar-refractivity contribution < 1.29 is 19.1 Å². The SMILES string of the molecule is CC1(N)C(Br)O[C@H]2[C@@H](C(=O)[C@H](Cc3ccccc3)NC(=O)CCc3ccccc3)C(=O)N21. The van der Waals surface area contributed by atoms with Crippen molar-refractivity contribution in [2.45, 2.75) is 49.1 Å². The number of halogens is 1. The van der Waals surface area contributed by atoms with E-state index in [4.69, 9.17) is 10.5 Å². The van der Waals surface area contributed by atoms with Crippen LogP contribution in [-0.2, 0) is 32.0 Å². The third kappa shape index (κ3) is 4.35. The molecule has 2 aromatic rings. The number of rotatable bonds is 8. The molecule has 2 saturated heterocycles. The van der Waals surface area contributed by atoms with E-state index in [0.29, 0.717) is 12.8 Å². The summed E-state index contributed by atoms with van der Waals surface area (Å²) in [4.78, 5) is 40.3. The Morgan fingerprint density at radius 1 is 1.12 bits per heavy atom. The van der Waals surface area contributed by atoms with Gasteiger partial charge in [0.25, 0.3) is 0 Å². The Balaban J connectivity index is 1.47. The Morgan fingerprint density at radius 2 is 1.72 bits per heavy atom. The van der Waals surface area contributed by atoms with Gasteiger partial charge in [0.15, 0.2) is 17.0 Å². The topological polar surface area (TPSA) is 102 Å². The molecule has 2 heterocycles. The number of β-lactam (4-membered cyclic amide) rings is 1. The van der Waals surface area contributed by atoms with Gasteiger partial charge < -0.3 is 15.8 Å². The summed E-state index contributed by atoms with van der Waals surface area (Å²) in [6, 6.07) is 18.3. The smallest absolute Gasteiger partial charge is 0.241 e. The third-order valence-corrected chi connectivity index (χ3v) is 7.17. The Hall–Kier alpha value is -2.55. The van der Waals surface area contributed by atoms with Crippen molar-refractivity contribution in [3.8, 4) is 0 Å². The fourth-order valence-corrected chi connectivity index (χ4v) is 4.65. The molecule has 2 aromatic carbocycles. The lowest BCUT2D eigenvalue weighted by Gasteiger charge is -2.46. The van der Waals surface area contributed by atoms with Crippen molar-refractivity contribution in [2.24, 2.45) is 11.7 Å². The number of amides is 2. The largest absolute Gasteiger partial charge is 0.346 e. The van der Waals surface area contributed by atoms with Gasteiger partial charge in [-0.25, -0.2) is 0 Å². The number of ketones is 1. The van der Waals surface area contributed by atoms with Gasteiger partial charge in [0.1, 0.15) is 11.6 Å². The summed E-state index contributed by atoms with van der Waals surface area (Å²) in [6.07, 6.45) is 0.383. The zero-order valence-electron chi connectivity index (χ0n) is 17.7. The van der Waals surface area contributed by atoms with E-state index in [2.05, 4.69) is 21.2 Å². The van der Waals surface area contributed by atoms with Gasteiger partial charge in [-0.05, 0) is 30.9 Å². The molecule has 0 saturated carbocycles. The molecule has 2 amide bonds. The van der Waals surface area contributed by atoms with Gasteiger partial charge in [0, 0.05) is 6.42 Å². The van der Waals surface area contributed by atoms with E-state index in [1.165, 1.54) is 4.90 Å². The molecule has 32 heavy (non-hydrogen) atoms. The highest BCUT2D eigenvalue weighted by Crippen LogP contribution is 2.44. The Kier molecular flexibility index (Phi) is 6.46. The van der Waals surface area contributed by atoms with Crippen LogP contribution in [0.4, 0.5) is 0 Å². The van der Waals surface area contributed by atoms with E-state index in [1.807, 2.05) is 60.7 Å².